The first-order valence-electron chi connectivity index (χ1n) is 5.67. The molecule has 1 aromatic carbocycles. The molecule has 1 heterocycles. The van der Waals surface area contributed by atoms with Crippen LogP contribution in [0.2, 0.25) is 0 Å². The number of hydrogen-bond donors (Lipinski definition) is 1. The lowest BCUT2D eigenvalue weighted by molar-refractivity contribution is 0.412. The summed E-state index contributed by atoms with van der Waals surface area (Å²) < 4.78 is 6.23. The first-order chi connectivity index (χ1) is 8.70. The average Bonchev–Trinajstić information content (AvgIpc) is 2.77. The zero-order valence-corrected chi connectivity index (χ0v) is 12.8. The molecule has 1 aromatic heterocycles. The fraction of sp³-hybridized carbons (Fsp3) is 0.308. The number of ether oxygens (including phenoxy) is 1. The van der Waals surface area contributed by atoms with E-state index in [4.69, 9.17) is 4.74 Å². The lowest BCUT2D eigenvalue weighted by atomic mass is 10.2. The predicted octanol–water partition coefficient (Wildman–Crippen LogP) is 3.88. The van der Waals surface area contributed by atoms with E-state index < -0.39 is 0 Å². The standard InChI is InChI=1S/C13H15BrN2OS/c1-9-13(18-8-16-9)5-6-15-10-3-4-11(14)12(7-10)17-2/h3-4,7-8,15H,5-6H2,1-2H3. The molecular weight excluding hydrogens is 312 g/mol. The van der Waals surface area contributed by atoms with Gasteiger partial charge >= 0.3 is 0 Å². The van der Waals surface area contributed by atoms with Gasteiger partial charge in [-0.2, -0.15) is 0 Å². The van der Waals surface area contributed by atoms with Gasteiger partial charge < -0.3 is 10.1 Å². The van der Waals surface area contributed by atoms with Crippen molar-refractivity contribution in [3.05, 3.63) is 38.8 Å². The van der Waals surface area contributed by atoms with Crippen molar-refractivity contribution >= 4 is 33.0 Å². The second-order valence-corrected chi connectivity index (χ2v) is 5.68. The molecule has 3 nitrogen and oxygen atoms in total. The Kier molecular flexibility index (Phi) is 4.60. The van der Waals surface area contributed by atoms with Gasteiger partial charge in [-0.05, 0) is 35.0 Å². The number of aryl methyl sites for hydroxylation is 1. The second-order valence-electron chi connectivity index (χ2n) is 3.89. The number of rotatable bonds is 5. The summed E-state index contributed by atoms with van der Waals surface area (Å²) in [6.45, 7) is 2.95. The molecule has 0 saturated heterocycles. The Morgan fingerprint density at radius 2 is 2.28 bits per heavy atom. The Bertz CT molecular complexity index is 527. The summed E-state index contributed by atoms with van der Waals surface area (Å²) in [5, 5.41) is 3.39. The minimum atomic E-state index is 0.842. The Morgan fingerprint density at radius 3 is 2.94 bits per heavy atom. The smallest absolute Gasteiger partial charge is 0.135 e. The van der Waals surface area contributed by atoms with Crippen molar-refractivity contribution in [2.75, 3.05) is 19.0 Å². The predicted molar refractivity (Wildman–Crippen MR) is 79.7 cm³/mol. The fourth-order valence-corrected chi connectivity index (χ4v) is 2.85. The van der Waals surface area contributed by atoms with Crippen LogP contribution in [-0.4, -0.2) is 18.6 Å². The summed E-state index contributed by atoms with van der Waals surface area (Å²) in [5.74, 6) is 0.842. The van der Waals surface area contributed by atoms with E-state index in [9.17, 15) is 0 Å². The summed E-state index contributed by atoms with van der Waals surface area (Å²) in [7, 11) is 1.67. The molecule has 0 aliphatic carbocycles. The van der Waals surface area contributed by atoms with E-state index in [2.05, 4.69) is 33.2 Å². The number of hydrogen-bond acceptors (Lipinski definition) is 4. The summed E-state index contributed by atoms with van der Waals surface area (Å²) in [5.41, 5.74) is 4.10. The van der Waals surface area contributed by atoms with Gasteiger partial charge in [-0.1, -0.05) is 0 Å². The Hall–Kier alpha value is -1.07. The van der Waals surface area contributed by atoms with Crippen LogP contribution in [0.3, 0.4) is 0 Å². The molecule has 2 rings (SSSR count). The highest BCUT2D eigenvalue weighted by atomic mass is 79.9. The lowest BCUT2D eigenvalue weighted by Crippen LogP contribution is -2.04. The molecule has 0 aliphatic rings. The number of nitrogens with one attached hydrogen (secondary N) is 1. The minimum absolute atomic E-state index is 0.842. The van der Waals surface area contributed by atoms with Crippen molar-refractivity contribution in [1.82, 2.24) is 4.98 Å². The first-order valence-corrected chi connectivity index (χ1v) is 7.34. The topological polar surface area (TPSA) is 34.1 Å². The molecular formula is C13H15BrN2OS. The Balaban J connectivity index is 1.92. The quantitative estimate of drug-likeness (QED) is 0.905. The summed E-state index contributed by atoms with van der Waals surface area (Å²) in [4.78, 5) is 5.59. The van der Waals surface area contributed by atoms with Crippen molar-refractivity contribution in [3.8, 4) is 5.75 Å². The van der Waals surface area contributed by atoms with E-state index in [0.29, 0.717) is 0 Å². The molecule has 0 spiro atoms. The summed E-state index contributed by atoms with van der Waals surface area (Å²) >= 11 is 5.15. The van der Waals surface area contributed by atoms with Crippen LogP contribution in [0.25, 0.3) is 0 Å². The van der Waals surface area contributed by atoms with E-state index in [1.165, 1.54) is 4.88 Å². The zero-order valence-electron chi connectivity index (χ0n) is 10.4. The number of anilines is 1. The molecule has 0 radical (unpaired) electrons. The molecule has 18 heavy (non-hydrogen) atoms. The SMILES string of the molecule is COc1cc(NCCc2scnc2C)ccc1Br. The third-order valence-electron chi connectivity index (χ3n) is 2.68. The largest absolute Gasteiger partial charge is 0.495 e. The molecule has 96 valence electrons. The van der Waals surface area contributed by atoms with Crippen LogP contribution in [-0.2, 0) is 6.42 Å². The highest BCUT2D eigenvalue weighted by molar-refractivity contribution is 9.10. The maximum absolute atomic E-state index is 5.26. The van der Waals surface area contributed by atoms with Crippen LogP contribution >= 0.6 is 27.3 Å². The number of nitrogens with zero attached hydrogens (tertiary/aromatic N) is 1. The van der Waals surface area contributed by atoms with Gasteiger partial charge in [-0.15, -0.1) is 11.3 Å². The van der Waals surface area contributed by atoms with E-state index >= 15 is 0 Å². The van der Waals surface area contributed by atoms with Gasteiger partial charge in [-0.25, -0.2) is 4.98 Å². The molecule has 0 atom stereocenters. The second kappa shape index (κ2) is 6.20. The molecule has 1 N–H and O–H groups in total. The van der Waals surface area contributed by atoms with Crippen LogP contribution in [0.4, 0.5) is 5.69 Å². The number of thiazole rings is 1. The number of benzene rings is 1. The van der Waals surface area contributed by atoms with Gasteiger partial charge in [-0.3, -0.25) is 0 Å². The van der Waals surface area contributed by atoms with E-state index in [0.717, 1.165) is 34.6 Å². The first kappa shape index (κ1) is 13.4. The van der Waals surface area contributed by atoms with Crippen LogP contribution < -0.4 is 10.1 Å². The maximum atomic E-state index is 5.26. The van der Waals surface area contributed by atoms with Crippen LogP contribution in [0.15, 0.2) is 28.2 Å². The average molecular weight is 327 g/mol. The maximum Gasteiger partial charge on any atom is 0.135 e. The van der Waals surface area contributed by atoms with E-state index in [1.807, 2.05) is 23.7 Å². The third-order valence-corrected chi connectivity index (χ3v) is 4.33. The van der Waals surface area contributed by atoms with Crippen molar-refractivity contribution in [3.63, 3.8) is 0 Å². The van der Waals surface area contributed by atoms with Crippen LogP contribution in [0.5, 0.6) is 5.75 Å². The molecule has 0 saturated carbocycles. The van der Waals surface area contributed by atoms with Crippen LogP contribution in [0.1, 0.15) is 10.6 Å². The molecule has 0 amide bonds. The van der Waals surface area contributed by atoms with Crippen molar-refractivity contribution < 1.29 is 4.74 Å². The summed E-state index contributed by atoms with van der Waals surface area (Å²) in [6, 6.07) is 6.01. The highest BCUT2D eigenvalue weighted by Gasteiger charge is 2.03. The van der Waals surface area contributed by atoms with Crippen molar-refractivity contribution in [2.24, 2.45) is 0 Å². The molecule has 0 bridgehead atoms. The van der Waals surface area contributed by atoms with Gasteiger partial charge in [0.1, 0.15) is 5.75 Å². The number of halogens is 1. The molecule has 0 fully saturated rings. The third kappa shape index (κ3) is 3.23. The van der Waals surface area contributed by atoms with Crippen molar-refractivity contribution in [1.29, 1.82) is 0 Å². The van der Waals surface area contributed by atoms with E-state index in [-0.39, 0.29) is 0 Å². The van der Waals surface area contributed by atoms with Gasteiger partial charge in [0.2, 0.25) is 0 Å². The van der Waals surface area contributed by atoms with E-state index in [1.54, 1.807) is 18.4 Å². The van der Waals surface area contributed by atoms with Gasteiger partial charge in [0, 0.05) is 29.6 Å². The van der Waals surface area contributed by atoms with Crippen molar-refractivity contribution in [2.45, 2.75) is 13.3 Å². The van der Waals surface area contributed by atoms with Gasteiger partial charge in [0.15, 0.2) is 0 Å². The van der Waals surface area contributed by atoms with Crippen LogP contribution in [0, 0.1) is 6.92 Å². The molecule has 5 heteroatoms. The minimum Gasteiger partial charge on any atom is -0.495 e. The monoisotopic (exact) mass is 326 g/mol. The van der Waals surface area contributed by atoms with Gasteiger partial charge in [0.25, 0.3) is 0 Å². The molecule has 2 aromatic rings. The lowest BCUT2D eigenvalue weighted by Gasteiger charge is -2.09. The van der Waals surface area contributed by atoms with Gasteiger partial charge in [0.05, 0.1) is 22.8 Å². The molecule has 0 unspecified atom stereocenters. The number of methoxy groups -OCH3 is 1. The highest BCUT2D eigenvalue weighted by Crippen LogP contribution is 2.27. The molecule has 0 aliphatic heterocycles. The fourth-order valence-electron chi connectivity index (χ4n) is 1.66. The zero-order chi connectivity index (χ0) is 13.0. The number of aromatic nitrogens is 1. The Labute approximate surface area is 119 Å². The normalized spacial score (nSPS) is 10.4. The Morgan fingerprint density at radius 1 is 1.44 bits per heavy atom. The summed E-state index contributed by atoms with van der Waals surface area (Å²) in [6.07, 6.45) is 0.995.